The third-order valence-corrected chi connectivity index (χ3v) is 5.17. The van der Waals surface area contributed by atoms with Crippen molar-refractivity contribution in [3.8, 4) is 0 Å². The minimum Gasteiger partial charge on any atom is -0.455 e. The molecule has 33 heavy (non-hydrogen) atoms. The number of para-hydroxylation sites is 2. The van der Waals surface area contributed by atoms with Crippen molar-refractivity contribution in [2.24, 2.45) is 0 Å². The molecular weight excluding hydrogens is 420 g/mol. The molecule has 0 saturated heterocycles. The standard InChI is InChI=1S/C26H26N2O5/c1-20(33-26(30)18-16-21-9-8-14-24(19-21)28(31)32)15-17-25(29)27(22-10-4-2-5-11-22)23-12-6-3-7-13-23/h2-7,9-13,15-18,20,24H,8,14,19H2,1H3/b17-15?,18-16+/t20-,24?/m1/s1. The maximum absolute atomic E-state index is 13.0. The van der Waals surface area contributed by atoms with E-state index >= 15 is 0 Å². The van der Waals surface area contributed by atoms with E-state index in [0.29, 0.717) is 19.3 Å². The summed E-state index contributed by atoms with van der Waals surface area (Å²) in [5, 5.41) is 11.0. The van der Waals surface area contributed by atoms with Crippen LogP contribution in [-0.4, -0.2) is 28.9 Å². The summed E-state index contributed by atoms with van der Waals surface area (Å²) in [6.07, 6.45) is 8.42. The molecule has 1 amide bonds. The Morgan fingerprint density at radius 2 is 1.67 bits per heavy atom. The first-order valence-electron chi connectivity index (χ1n) is 10.8. The fourth-order valence-electron chi connectivity index (χ4n) is 3.52. The Bertz CT molecular complexity index is 1020. The lowest BCUT2D eigenvalue weighted by Crippen LogP contribution is -2.24. The van der Waals surface area contributed by atoms with Crippen LogP contribution in [0.15, 0.2) is 96.6 Å². The van der Waals surface area contributed by atoms with Gasteiger partial charge in [-0.3, -0.25) is 19.8 Å². The van der Waals surface area contributed by atoms with Gasteiger partial charge in [0.25, 0.3) is 5.91 Å². The predicted octanol–water partition coefficient (Wildman–Crippen LogP) is 5.15. The van der Waals surface area contributed by atoms with Crippen LogP contribution in [-0.2, 0) is 14.3 Å². The molecule has 2 aromatic rings. The molecule has 0 fully saturated rings. The largest absolute Gasteiger partial charge is 0.455 e. The second-order valence-electron chi connectivity index (χ2n) is 7.68. The lowest BCUT2D eigenvalue weighted by molar-refractivity contribution is -0.523. The highest BCUT2D eigenvalue weighted by Gasteiger charge is 2.23. The van der Waals surface area contributed by atoms with Crippen LogP contribution in [0.4, 0.5) is 11.4 Å². The summed E-state index contributed by atoms with van der Waals surface area (Å²) >= 11 is 0. The number of benzene rings is 2. The van der Waals surface area contributed by atoms with Crippen molar-refractivity contribution in [1.82, 2.24) is 0 Å². The number of hydrogen-bond donors (Lipinski definition) is 0. The molecule has 2 atom stereocenters. The summed E-state index contributed by atoms with van der Waals surface area (Å²) in [5.41, 5.74) is 2.19. The van der Waals surface area contributed by atoms with Gasteiger partial charge in [-0.1, -0.05) is 48.6 Å². The van der Waals surface area contributed by atoms with Gasteiger partial charge in [0.15, 0.2) is 0 Å². The van der Waals surface area contributed by atoms with E-state index in [1.807, 2.05) is 66.7 Å². The number of anilines is 2. The molecule has 0 heterocycles. The maximum atomic E-state index is 13.0. The second kappa shape index (κ2) is 11.6. The quantitative estimate of drug-likeness (QED) is 0.242. The number of ether oxygens (including phenoxy) is 1. The topological polar surface area (TPSA) is 89.8 Å². The molecule has 0 bridgehead atoms. The molecule has 7 nitrogen and oxygen atoms in total. The average molecular weight is 447 g/mol. The molecule has 2 aromatic carbocycles. The van der Waals surface area contributed by atoms with E-state index in [-0.39, 0.29) is 10.8 Å². The highest BCUT2D eigenvalue weighted by molar-refractivity contribution is 6.07. The number of carbonyl (C=O) groups excluding carboxylic acids is 2. The molecule has 170 valence electrons. The number of carbonyl (C=O) groups is 2. The summed E-state index contributed by atoms with van der Waals surface area (Å²) in [6, 6.07) is 17.9. The van der Waals surface area contributed by atoms with Crippen molar-refractivity contribution in [2.45, 2.75) is 38.3 Å². The number of rotatable bonds is 8. The fraction of sp³-hybridized carbons (Fsp3) is 0.231. The van der Waals surface area contributed by atoms with Crippen LogP contribution in [0.3, 0.4) is 0 Å². The van der Waals surface area contributed by atoms with Gasteiger partial charge in [-0.05, 0) is 49.3 Å². The van der Waals surface area contributed by atoms with E-state index < -0.39 is 18.1 Å². The zero-order chi connectivity index (χ0) is 23.6. The van der Waals surface area contributed by atoms with E-state index in [0.717, 1.165) is 16.9 Å². The van der Waals surface area contributed by atoms with E-state index in [1.54, 1.807) is 17.9 Å². The van der Waals surface area contributed by atoms with Crippen LogP contribution in [0.1, 0.15) is 26.2 Å². The van der Waals surface area contributed by atoms with Crippen LogP contribution in [0.5, 0.6) is 0 Å². The Balaban J connectivity index is 1.61. The number of allylic oxidation sites excluding steroid dienone is 2. The van der Waals surface area contributed by atoms with Gasteiger partial charge in [0, 0.05) is 41.3 Å². The molecule has 1 unspecified atom stereocenters. The second-order valence-corrected chi connectivity index (χ2v) is 7.68. The molecular formula is C26H26N2O5. The van der Waals surface area contributed by atoms with Gasteiger partial charge in [0.05, 0.1) is 0 Å². The normalized spacial score (nSPS) is 16.9. The SMILES string of the molecule is C[C@H](C=CC(=O)N(c1ccccc1)c1ccccc1)OC(=O)/C=C/C1=CCCC([N+](=O)[O-])C1. The Morgan fingerprint density at radius 3 is 2.24 bits per heavy atom. The van der Waals surface area contributed by atoms with Crippen LogP contribution in [0.25, 0.3) is 0 Å². The summed E-state index contributed by atoms with van der Waals surface area (Å²) in [5.74, 6) is -0.851. The van der Waals surface area contributed by atoms with Crippen molar-refractivity contribution in [1.29, 1.82) is 0 Å². The smallest absolute Gasteiger partial charge is 0.331 e. The third kappa shape index (κ3) is 7.00. The third-order valence-electron chi connectivity index (χ3n) is 5.17. The van der Waals surface area contributed by atoms with E-state index in [9.17, 15) is 19.7 Å². The minimum atomic E-state index is -0.633. The van der Waals surface area contributed by atoms with Crippen molar-refractivity contribution in [3.63, 3.8) is 0 Å². The van der Waals surface area contributed by atoms with Gasteiger partial charge in [0.2, 0.25) is 6.04 Å². The first-order chi connectivity index (χ1) is 15.9. The molecule has 1 aliphatic rings. The molecule has 0 N–H and O–H groups in total. The summed E-state index contributed by atoms with van der Waals surface area (Å²) < 4.78 is 5.31. The van der Waals surface area contributed by atoms with Gasteiger partial charge < -0.3 is 4.74 Å². The van der Waals surface area contributed by atoms with Crippen LogP contribution in [0.2, 0.25) is 0 Å². The van der Waals surface area contributed by atoms with Crippen molar-refractivity contribution >= 4 is 23.3 Å². The summed E-state index contributed by atoms with van der Waals surface area (Å²) in [4.78, 5) is 37.4. The van der Waals surface area contributed by atoms with E-state index in [4.69, 9.17) is 4.74 Å². The lowest BCUT2D eigenvalue weighted by Gasteiger charge is -2.21. The van der Waals surface area contributed by atoms with Crippen molar-refractivity contribution in [2.75, 3.05) is 4.90 Å². The molecule has 0 aromatic heterocycles. The number of hydrogen-bond acceptors (Lipinski definition) is 5. The molecule has 0 radical (unpaired) electrons. The van der Waals surface area contributed by atoms with Gasteiger partial charge in [-0.2, -0.15) is 0 Å². The average Bonchev–Trinajstić information content (AvgIpc) is 2.83. The van der Waals surface area contributed by atoms with Crippen molar-refractivity contribution < 1.29 is 19.2 Å². The molecule has 0 aliphatic heterocycles. The highest BCUT2D eigenvalue weighted by atomic mass is 16.6. The Morgan fingerprint density at radius 1 is 1.06 bits per heavy atom. The minimum absolute atomic E-state index is 0.274. The van der Waals surface area contributed by atoms with Crippen LogP contribution >= 0.6 is 0 Å². The van der Waals surface area contributed by atoms with Gasteiger partial charge in [-0.15, -0.1) is 0 Å². The predicted molar refractivity (Wildman–Crippen MR) is 127 cm³/mol. The first kappa shape index (κ1) is 23.7. The van der Waals surface area contributed by atoms with Gasteiger partial charge in [-0.25, -0.2) is 4.79 Å². The number of nitrogens with zero attached hydrogens (tertiary/aromatic N) is 2. The maximum Gasteiger partial charge on any atom is 0.331 e. The van der Waals surface area contributed by atoms with E-state index in [2.05, 4.69) is 0 Å². The van der Waals surface area contributed by atoms with Crippen molar-refractivity contribution in [3.05, 3.63) is 107 Å². The first-order valence-corrected chi connectivity index (χ1v) is 10.8. The zero-order valence-electron chi connectivity index (χ0n) is 18.4. The monoisotopic (exact) mass is 446 g/mol. The molecule has 1 aliphatic carbocycles. The number of nitro groups is 1. The molecule has 0 saturated carbocycles. The summed E-state index contributed by atoms with van der Waals surface area (Å²) in [6.45, 7) is 1.66. The summed E-state index contributed by atoms with van der Waals surface area (Å²) in [7, 11) is 0. The molecule has 3 rings (SSSR count). The Labute approximate surface area is 192 Å². The highest BCUT2D eigenvalue weighted by Crippen LogP contribution is 2.25. The lowest BCUT2D eigenvalue weighted by atomic mass is 9.95. The Hall–Kier alpha value is -4.00. The van der Waals surface area contributed by atoms with Gasteiger partial charge in [0.1, 0.15) is 6.10 Å². The van der Waals surface area contributed by atoms with Crippen LogP contribution in [0, 0.1) is 10.1 Å². The van der Waals surface area contributed by atoms with E-state index in [1.165, 1.54) is 18.2 Å². The molecule has 0 spiro atoms. The number of amides is 1. The Kier molecular flexibility index (Phi) is 8.30. The molecule has 7 heteroatoms. The number of esters is 1. The fourth-order valence-corrected chi connectivity index (χ4v) is 3.52. The zero-order valence-corrected chi connectivity index (χ0v) is 18.4. The van der Waals surface area contributed by atoms with Gasteiger partial charge >= 0.3 is 5.97 Å². The van der Waals surface area contributed by atoms with Crippen LogP contribution < -0.4 is 4.90 Å².